The van der Waals surface area contributed by atoms with Crippen molar-refractivity contribution in [1.29, 1.82) is 0 Å². The van der Waals surface area contributed by atoms with Gasteiger partial charge in [0.05, 0.1) is 0 Å². The van der Waals surface area contributed by atoms with E-state index in [-0.39, 0.29) is 16.2 Å². The third kappa shape index (κ3) is 8.31. The van der Waals surface area contributed by atoms with E-state index in [1.54, 1.807) is 0 Å². The fourth-order valence-electron chi connectivity index (χ4n) is 12.7. The Hall–Kier alpha value is -7.80. The van der Waals surface area contributed by atoms with Gasteiger partial charge in [-0.2, -0.15) is 0 Å². The fourth-order valence-corrected chi connectivity index (χ4v) is 12.7. The van der Waals surface area contributed by atoms with Crippen LogP contribution in [0, 0.1) is 0 Å². The molecule has 0 unspecified atom stereocenters. The van der Waals surface area contributed by atoms with Crippen molar-refractivity contribution in [2.75, 3.05) is 0 Å². The van der Waals surface area contributed by atoms with E-state index in [1.807, 2.05) is 0 Å². The number of hydrogen-bond donors (Lipinski definition) is 0. The fraction of sp³-hybridized carbons (Fsp3) is 0.200. The molecule has 10 aliphatic rings. The average molecular weight is 967 g/mol. The zero-order valence-electron chi connectivity index (χ0n) is 45.2. The SMILES string of the molecule is CC(C)(C)c1ccc2c3cc(c-2cc1)CC1=C/C(=C\c2cc(c4ccc(C(C)(C)C)ccc2-4)CC2=C/C(=C\c4cc(c5ccc(C(C)(C)C)ccc4-5)CC4=C/C(=C\3)c3ccccc34)c3ccccc32)c2ccccc21. The Morgan fingerprint density at radius 1 is 0.240 bits per heavy atom. The van der Waals surface area contributed by atoms with Crippen LogP contribution in [0.25, 0.3) is 85.0 Å². The van der Waals surface area contributed by atoms with E-state index in [0.717, 1.165) is 19.3 Å². The largest absolute Gasteiger partial charge is 0.0616 e. The van der Waals surface area contributed by atoms with Crippen LogP contribution in [0.5, 0.6) is 0 Å². The summed E-state index contributed by atoms with van der Waals surface area (Å²) in [6, 6.07) is 63.3. The topological polar surface area (TPSA) is 0 Å². The minimum Gasteiger partial charge on any atom is -0.0616 e. The summed E-state index contributed by atoms with van der Waals surface area (Å²) < 4.78 is 0. The van der Waals surface area contributed by atoms with E-state index in [1.165, 1.54) is 150 Å². The van der Waals surface area contributed by atoms with Crippen molar-refractivity contribution in [3.05, 3.63) is 265 Å². The normalized spacial score (nSPS) is 17.4. The van der Waals surface area contributed by atoms with Crippen LogP contribution in [-0.4, -0.2) is 0 Å². The van der Waals surface area contributed by atoms with E-state index in [2.05, 4.69) is 263 Å². The van der Waals surface area contributed by atoms with Crippen molar-refractivity contribution < 1.29 is 0 Å². The van der Waals surface area contributed by atoms with Crippen molar-refractivity contribution in [1.82, 2.24) is 0 Å². The molecule has 0 aliphatic heterocycles. The highest BCUT2D eigenvalue weighted by molar-refractivity contribution is 6.08. The molecular formula is C75H66. The molecule has 0 saturated carbocycles. The van der Waals surface area contributed by atoms with Gasteiger partial charge in [0, 0.05) is 0 Å². The van der Waals surface area contributed by atoms with Crippen LogP contribution >= 0.6 is 0 Å². The molecule has 0 N–H and O–H groups in total. The van der Waals surface area contributed by atoms with Crippen molar-refractivity contribution in [3.63, 3.8) is 0 Å². The number of hydrogen-bond acceptors (Lipinski definition) is 0. The first-order chi connectivity index (χ1) is 36.0. The molecule has 0 nitrogen and oxygen atoms in total. The van der Waals surface area contributed by atoms with Gasteiger partial charge < -0.3 is 0 Å². The molecule has 0 heteroatoms. The first-order valence-corrected chi connectivity index (χ1v) is 27.3. The highest BCUT2D eigenvalue weighted by Gasteiger charge is 2.29. The minimum absolute atomic E-state index is 0.0197. The first kappa shape index (κ1) is 46.9. The minimum atomic E-state index is 0.0197. The summed E-state index contributed by atoms with van der Waals surface area (Å²) >= 11 is 0. The maximum absolute atomic E-state index is 2.49. The van der Waals surface area contributed by atoms with Gasteiger partial charge in [-0.1, -0.05) is 244 Å². The van der Waals surface area contributed by atoms with E-state index >= 15 is 0 Å². The van der Waals surface area contributed by atoms with Gasteiger partial charge in [0.2, 0.25) is 0 Å². The molecular weight excluding hydrogens is 901 g/mol. The number of rotatable bonds is 0. The second-order valence-corrected chi connectivity index (χ2v) is 24.9. The summed E-state index contributed by atoms with van der Waals surface area (Å²) in [6.45, 7) is 20.9. The molecule has 0 atom stereocenters. The van der Waals surface area contributed by atoms with E-state index < -0.39 is 0 Å². The Bertz CT molecular complexity index is 3520. The van der Waals surface area contributed by atoms with Crippen LogP contribution in [0.3, 0.4) is 0 Å². The monoisotopic (exact) mass is 967 g/mol. The lowest BCUT2D eigenvalue weighted by molar-refractivity contribution is 0.590. The van der Waals surface area contributed by atoms with Crippen LogP contribution in [0.1, 0.15) is 146 Å². The van der Waals surface area contributed by atoms with E-state index in [4.69, 9.17) is 0 Å². The Morgan fingerprint density at radius 3 is 0.733 bits per heavy atom. The summed E-state index contributed by atoms with van der Waals surface area (Å²) in [5.74, 6) is 0. The van der Waals surface area contributed by atoms with Crippen molar-refractivity contribution in [3.8, 4) is 33.4 Å². The third-order valence-corrected chi connectivity index (χ3v) is 16.8. The molecule has 0 fully saturated rings. The van der Waals surface area contributed by atoms with Gasteiger partial charge in [-0.25, -0.2) is 0 Å². The second-order valence-electron chi connectivity index (χ2n) is 24.9. The maximum Gasteiger partial charge on any atom is -0.00130 e. The molecule has 0 saturated heterocycles. The molecule has 0 radical (unpaired) electrons. The number of benzene rings is 3. The lowest BCUT2D eigenvalue weighted by Crippen LogP contribution is -2.09. The smallest absolute Gasteiger partial charge is 0.00130 e. The van der Waals surface area contributed by atoms with E-state index in [0.29, 0.717) is 0 Å². The van der Waals surface area contributed by atoms with Crippen LogP contribution < -0.4 is 0 Å². The summed E-state index contributed by atoms with van der Waals surface area (Å²) in [5, 5.41) is 0. The van der Waals surface area contributed by atoms with Crippen LogP contribution in [0.15, 0.2) is 182 Å². The Morgan fingerprint density at radius 2 is 0.480 bits per heavy atom. The first-order valence-electron chi connectivity index (χ1n) is 27.3. The van der Waals surface area contributed by atoms with E-state index in [9.17, 15) is 0 Å². The third-order valence-electron chi connectivity index (χ3n) is 16.8. The summed E-state index contributed by atoms with van der Waals surface area (Å²) in [4.78, 5) is 0. The summed E-state index contributed by atoms with van der Waals surface area (Å²) in [5.41, 5.74) is 35.6. The molecule has 3 aromatic carbocycles. The average Bonchev–Trinajstić information content (AvgIpc) is 4.11. The summed E-state index contributed by atoms with van der Waals surface area (Å²) in [6.07, 6.45) is 17.4. The summed E-state index contributed by atoms with van der Waals surface area (Å²) in [7, 11) is 0. The van der Waals surface area contributed by atoms with Gasteiger partial charge in [-0.05, 0) is 204 Å². The predicted octanol–water partition coefficient (Wildman–Crippen LogP) is 19.7. The zero-order valence-corrected chi connectivity index (χ0v) is 45.2. The molecule has 10 aliphatic carbocycles. The number of allylic oxidation sites excluding steroid dienone is 9. The number of fused-ring (bicyclic) bond motifs is 27. The lowest BCUT2D eigenvalue weighted by Gasteiger charge is -2.17. The molecule has 0 heterocycles. The van der Waals surface area contributed by atoms with Gasteiger partial charge in [0.25, 0.3) is 0 Å². The Balaban J connectivity index is 1.07. The highest BCUT2D eigenvalue weighted by atomic mass is 14.3. The maximum atomic E-state index is 2.49. The quantitative estimate of drug-likeness (QED) is 0.142. The van der Waals surface area contributed by atoms with Gasteiger partial charge in [0.1, 0.15) is 0 Å². The van der Waals surface area contributed by atoms with Gasteiger partial charge >= 0.3 is 0 Å². The molecule has 3 aromatic rings. The molecule has 12 bridgehead atoms. The van der Waals surface area contributed by atoms with Gasteiger partial charge in [-0.15, -0.1) is 0 Å². The highest BCUT2D eigenvalue weighted by Crippen LogP contribution is 2.49. The van der Waals surface area contributed by atoms with Crippen molar-refractivity contribution in [2.45, 2.75) is 97.8 Å². The molecule has 0 amide bonds. The standard InChI is InChI=1S/C75H66/c1-73(2,3)58-22-28-67-52-37-46-34-48(63-18-12-10-16-61(46)63)39-54-44-56(71-32-26-59(74(4,5)6)24-30-69(54)71)41-50-36-51(66-21-15-14-20-65(50)66)42-57-45-55(70-31-25-60(75(7,8)9)27-33-72(57)70)40-49-35-47(62-17-11-13-19-64(49)62)38-53(43-52)68(67)29-23-58/h10-37,40-41,43-45H,38-39,42H2,1-9H3/b46-37+,49-40+,50-41+. The second kappa shape index (κ2) is 17.4. The van der Waals surface area contributed by atoms with Gasteiger partial charge in [0.15, 0.2) is 0 Å². The predicted molar refractivity (Wildman–Crippen MR) is 323 cm³/mol. The molecule has 0 spiro atoms. The van der Waals surface area contributed by atoms with Crippen LogP contribution in [0.2, 0.25) is 0 Å². The molecule has 0 aromatic heterocycles. The van der Waals surface area contributed by atoms with Crippen LogP contribution in [-0.2, 0) is 35.5 Å². The Labute approximate surface area is 446 Å². The zero-order chi connectivity index (χ0) is 51.5. The van der Waals surface area contributed by atoms with Crippen LogP contribution in [0.4, 0.5) is 0 Å². The Kier molecular flexibility index (Phi) is 10.9. The van der Waals surface area contributed by atoms with Crippen molar-refractivity contribution in [2.24, 2.45) is 0 Å². The van der Waals surface area contributed by atoms with Crippen molar-refractivity contribution >= 4 is 51.7 Å². The lowest BCUT2D eigenvalue weighted by atomic mass is 9.88. The molecule has 366 valence electrons. The molecule has 75 heavy (non-hydrogen) atoms. The van der Waals surface area contributed by atoms with Gasteiger partial charge in [-0.3, -0.25) is 0 Å². The molecule has 13 rings (SSSR count).